The Morgan fingerprint density at radius 3 is 1.23 bits per heavy atom. The summed E-state index contributed by atoms with van der Waals surface area (Å²) in [6, 6.07) is 61.3. The molecule has 44 heavy (non-hydrogen) atoms. The van der Waals surface area contributed by atoms with Crippen molar-refractivity contribution in [2.24, 2.45) is 0 Å². The third-order valence-corrected chi connectivity index (χ3v) is 8.67. The first-order chi connectivity index (χ1) is 21.8. The highest BCUT2D eigenvalue weighted by molar-refractivity contribution is 6.21. The Bertz CT molecular complexity index is 2230. The molecule has 0 aliphatic rings. The van der Waals surface area contributed by atoms with Gasteiger partial charge in [0.25, 0.3) is 0 Å². The fraction of sp³-hybridized carbons (Fsp3) is 0. The largest absolute Gasteiger partial charge is 0.0622 e. The predicted octanol–water partition coefficient (Wildman–Crippen LogP) is 12.3. The van der Waals surface area contributed by atoms with Gasteiger partial charge in [-0.15, -0.1) is 0 Å². The summed E-state index contributed by atoms with van der Waals surface area (Å²) in [6.07, 6.45) is 4.40. The van der Waals surface area contributed by atoms with E-state index in [1.54, 1.807) is 0 Å². The summed E-state index contributed by atoms with van der Waals surface area (Å²) in [5.41, 5.74) is 9.94. The maximum Gasteiger partial charge on any atom is -0.00264 e. The number of rotatable bonds is 5. The highest BCUT2D eigenvalue weighted by Gasteiger charge is 2.16. The molecule has 0 aliphatic heterocycles. The van der Waals surface area contributed by atoms with Crippen LogP contribution < -0.4 is 0 Å². The summed E-state index contributed by atoms with van der Waals surface area (Å²) < 4.78 is 0. The van der Waals surface area contributed by atoms with Crippen molar-refractivity contribution in [3.8, 4) is 33.4 Å². The number of hydrogen-bond donors (Lipinski definition) is 0. The van der Waals surface area contributed by atoms with E-state index < -0.39 is 0 Å². The summed E-state index contributed by atoms with van der Waals surface area (Å²) in [5.74, 6) is 0. The molecular weight excluding hydrogens is 528 g/mol. The van der Waals surface area contributed by atoms with Gasteiger partial charge in [-0.05, 0) is 76.8 Å². The second-order valence-electron chi connectivity index (χ2n) is 11.3. The van der Waals surface area contributed by atoms with E-state index in [-0.39, 0.29) is 0 Å². The van der Waals surface area contributed by atoms with Crippen LogP contribution in [-0.4, -0.2) is 0 Å². The molecule has 0 heteroatoms. The normalized spacial score (nSPS) is 11.5. The zero-order valence-electron chi connectivity index (χ0n) is 24.3. The highest BCUT2D eigenvalue weighted by atomic mass is 14.2. The van der Waals surface area contributed by atoms with E-state index in [1.165, 1.54) is 76.8 Å². The standard InChI is InChI=1S/C44H30/c1-2-12-35(13-3-1)43-39-16-6-8-18-41(39)44(42-19-9-7-17-40(42)43)36-29-25-32(26-30-36)22-21-31-23-27-34(28-24-31)38-20-10-14-33-11-4-5-15-37(33)38/h1-30H/b22-21+. The van der Waals surface area contributed by atoms with Crippen LogP contribution in [0.25, 0.3) is 77.9 Å². The number of hydrogen-bond acceptors (Lipinski definition) is 0. The van der Waals surface area contributed by atoms with Crippen molar-refractivity contribution in [1.29, 1.82) is 0 Å². The Morgan fingerprint density at radius 2 is 0.682 bits per heavy atom. The fourth-order valence-electron chi connectivity index (χ4n) is 6.56. The van der Waals surface area contributed by atoms with Crippen LogP contribution in [-0.2, 0) is 0 Å². The molecular formula is C44H30. The van der Waals surface area contributed by atoms with Gasteiger partial charge in [-0.25, -0.2) is 0 Å². The van der Waals surface area contributed by atoms with Gasteiger partial charge in [-0.3, -0.25) is 0 Å². The van der Waals surface area contributed by atoms with Gasteiger partial charge < -0.3 is 0 Å². The lowest BCUT2D eigenvalue weighted by Gasteiger charge is -2.17. The van der Waals surface area contributed by atoms with Gasteiger partial charge in [0.05, 0.1) is 0 Å². The molecule has 8 rings (SSSR count). The molecule has 0 radical (unpaired) electrons. The molecule has 0 spiro atoms. The Labute approximate surface area is 258 Å². The van der Waals surface area contributed by atoms with Crippen molar-refractivity contribution in [2.45, 2.75) is 0 Å². The predicted molar refractivity (Wildman–Crippen MR) is 191 cm³/mol. The molecule has 0 amide bonds. The first kappa shape index (κ1) is 25.9. The molecule has 0 heterocycles. The lowest BCUT2D eigenvalue weighted by atomic mass is 9.86. The van der Waals surface area contributed by atoms with Crippen LogP contribution in [0.3, 0.4) is 0 Å². The van der Waals surface area contributed by atoms with Crippen molar-refractivity contribution in [2.75, 3.05) is 0 Å². The Balaban J connectivity index is 1.13. The molecule has 8 aromatic carbocycles. The van der Waals surface area contributed by atoms with E-state index in [0.29, 0.717) is 0 Å². The van der Waals surface area contributed by atoms with Gasteiger partial charge in [-0.1, -0.05) is 182 Å². The maximum absolute atomic E-state index is 2.26. The van der Waals surface area contributed by atoms with E-state index in [0.717, 1.165) is 0 Å². The zero-order valence-corrected chi connectivity index (χ0v) is 24.3. The summed E-state index contributed by atoms with van der Waals surface area (Å²) in [5, 5.41) is 7.67. The minimum Gasteiger partial charge on any atom is -0.0622 e. The van der Waals surface area contributed by atoms with Crippen LogP contribution in [0.1, 0.15) is 11.1 Å². The van der Waals surface area contributed by atoms with Gasteiger partial charge in [-0.2, -0.15) is 0 Å². The van der Waals surface area contributed by atoms with E-state index in [2.05, 4.69) is 182 Å². The SMILES string of the molecule is C(=C\c1ccc(-c2c3ccccc3c(-c3ccccc3)c3ccccc23)cc1)/c1ccc(-c2cccc3ccccc23)cc1. The average molecular weight is 559 g/mol. The third kappa shape index (κ3) is 4.68. The first-order valence-corrected chi connectivity index (χ1v) is 15.2. The second-order valence-corrected chi connectivity index (χ2v) is 11.3. The summed E-state index contributed by atoms with van der Waals surface area (Å²) >= 11 is 0. The van der Waals surface area contributed by atoms with E-state index in [4.69, 9.17) is 0 Å². The molecule has 0 aromatic heterocycles. The number of fused-ring (bicyclic) bond motifs is 3. The Hall–Kier alpha value is -5.72. The lowest BCUT2D eigenvalue weighted by Crippen LogP contribution is -1.90. The van der Waals surface area contributed by atoms with E-state index in [1.807, 2.05) is 0 Å². The van der Waals surface area contributed by atoms with E-state index >= 15 is 0 Å². The Morgan fingerprint density at radius 1 is 0.273 bits per heavy atom. The minimum absolute atomic E-state index is 1.18. The monoisotopic (exact) mass is 558 g/mol. The molecule has 0 aliphatic carbocycles. The maximum atomic E-state index is 2.26. The first-order valence-electron chi connectivity index (χ1n) is 15.2. The van der Waals surface area contributed by atoms with Gasteiger partial charge in [0.1, 0.15) is 0 Å². The quantitative estimate of drug-likeness (QED) is 0.146. The lowest BCUT2D eigenvalue weighted by molar-refractivity contribution is 1.62. The molecule has 0 atom stereocenters. The molecule has 8 aromatic rings. The molecule has 206 valence electrons. The van der Waals surface area contributed by atoms with Crippen molar-refractivity contribution in [3.05, 3.63) is 181 Å². The van der Waals surface area contributed by atoms with Crippen LogP contribution in [0.5, 0.6) is 0 Å². The van der Waals surface area contributed by atoms with Crippen molar-refractivity contribution in [1.82, 2.24) is 0 Å². The van der Waals surface area contributed by atoms with Crippen LogP contribution in [0.4, 0.5) is 0 Å². The molecule has 0 N–H and O–H groups in total. The van der Waals surface area contributed by atoms with Crippen LogP contribution >= 0.6 is 0 Å². The molecule has 0 unspecified atom stereocenters. The second kappa shape index (κ2) is 11.2. The van der Waals surface area contributed by atoms with Gasteiger partial charge in [0, 0.05) is 0 Å². The Kier molecular flexibility index (Phi) is 6.59. The molecule has 0 bridgehead atoms. The minimum atomic E-state index is 1.18. The average Bonchev–Trinajstić information content (AvgIpc) is 3.10. The highest BCUT2D eigenvalue weighted by Crippen LogP contribution is 2.43. The third-order valence-electron chi connectivity index (χ3n) is 8.67. The van der Waals surface area contributed by atoms with Crippen LogP contribution in [0.2, 0.25) is 0 Å². The smallest absolute Gasteiger partial charge is 0.00264 e. The summed E-state index contributed by atoms with van der Waals surface area (Å²) in [7, 11) is 0. The van der Waals surface area contributed by atoms with Crippen molar-refractivity contribution >= 4 is 44.5 Å². The van der Waals surface area contributed by atoms with Crippen molar-refractivity contribution in [3.63, 3.8) is 0 Å². The van der Waals surface area contributed by atoms with Gasteiger partial charge in [0.15, 0.2) is 0 Å². The molecule has 0 saturated heterocycles. The molecule has 0 fully saturated rings. The van der Waals surface area contributed by atoms with Crippen LogP contribution in [0.15, 0.2) is 170 Å². The van der Waals surface area contributed by atoms with Gasteiger partial charge >= 0.3 is 0 Å². The number of benzene rings is 8. The zero-order chi connectivity index (χ0) is 29.3. The van der Waals surface area contributed by atoms with E-state index in [9.17, 15) is 0 Å². The summed E-state index contributed by atoms with van der Waals surface area (Å²) in [6.45, 7) is 0. The summed E-state index contributed by atoms with van der Waals surface area (Å²) in [4.78, 5) is 0. The fourth-order valence-corrected chi connectivity index (χ4v) is 6.56. The molecule has 0 nitrogen and oxygen atoms in total. The van der Waals surface area contributed by atoms with Crippen LogP contribution in [0, 0.1) is 0 Å². The topological polar surface area (TPSA) is 0 Å². The van der Waals surface area contributed by atoms with Crippen molar-refractivity contribution < 1.29 is 0 Å². The molecule has 0 saturated carbocycles. The van der Waals surface area contributed by atoms with Gasteiger partial charge in [0.2, 0.25) is 0 Å².